The number of likely N-dealkylation sites (tertiary alicyclic amines) is 1. The molecule has 0 bridgehead atoms. The summed E-state index contributed by atoms with van der Waals surface area (Å²) in [6.45, 7) is 10.2. The Morgan fingerprint density at radius 3 is 2.32 bits per heavy atom. The number of aryl methyl sites for hydroxylation is 2. The molecular formula is C18H29N5O2. The number of nitrogens with zero attached hydrogens (tertiary/aromatic N) is 5. The van der Waals surface area contributed by atoms with Crippen molar-refractivity contribution in [3.8, 4) is 0 Å². The summed E-state index contributed by atoms with van der Waals surface area (Å²) < 4.78 is 4.67. The first-order chi connectivity index (χ1) is 11.8. The first-order valence-electron chi connectivity index (χ1n) is 9.20. The summed E-state index contributed by atoms with van der Waals surface area (Å²) in [4.78, 5) is 32.0. The molecule has 2 aromatic rings. The second kappa shape index (κ2) is 6.78. The first-order valence-corrected chi connectivity index (χ1v) is 9.20. The highest BCUT2D eigenvalue weighted by atomic mass is 16.2. The number of imidazole rings is 1. The van der Waals surface area contributed by atoms with E-state index in [1.54, 1.807) is 7.05 Å². The fourth-order valence-corrected chi connectivity index (χ4v) is 4.20. The number of fused-ring (bicyclic) bond motifs is 1. The number of piperidine rings is 1. The van der Waals surface area contributed by atoms with E-state index in [-0.39, 0.29) is 11.2 Å². The van der Waals surface area contributed by atoms with Gasteiger partial charge in [0.2, 0.25) is 0 Å². The maximum absolute atomic E-state index is 12.7. The van der Waals surface area contributed by atoms with Gasteiger partial charge in [-0.05, 0) is 24.7 Å². The summed E-state index contributed by atoms with van der Waals surface area (Å²) in [5, 5.41) is 0. The Balaban J connectivity index is 2.10. The van der Waals surface area contributed by atoms with Gasteiger partial charge in [0.15, 0.2) is 11.2 Å². The van der Waals surface area contributed by atoms with Crippen molar-refractivity contribution in [3.63, 3.8) is 0 Å². The van der Waals surface area contributed by atoms with Crippen LogP contribution in [0.4, 0.5) is 0 Å². The summed E-state index contributed by atoms with van der Waals surface area (Å²) in [5.41, 5.74) is 0.449. The van der Waals surface area contributed by atoms with Gasteiger partial charge in [-0.25, -0.2) is 9.78 Å². The van der Waals surface area contributed by atoms with Gasteiger partial charge in [0.25, 0.3) is 5.56 Å². The van der Waals surface area contributed by atoms with E-state index in [1.807, 2.05) is 4.57 Å². The third kappa shape index (κ3) is 3.17. The second-order valence-electron chi connectivity index (χ2n) is 7.70. The van der Waals surface area contributed by atoms with E-state index in [9.17, 15) is 9.59 Å². The van der Waals surface area contributed by atoms with Gasteiger partial charge in [0, 0.05) is 33.7 Å². The Hall–Kier alpha value is -1.89. The molecule has 0 radical (unpaired) electrons. The van der Waals surface area contributed by atoms with Gasteiger partial charge in [-0.2, -0.15) is 0 Å². The van der Waals surface area contributed by atoms with E-state index >= 15 is 0 Å². The minimum absolute atomic E-state index is 0.259. The summed E-state index contributed by atoms with van der Waals surface area (Å²) in [5.74, 6) is 2.23. The maximum Gasteiger partial charge on any atom is 0.332 e. The lowest BCUT2D eigenvalue weighted by Gasteiger charge is -2.34. The Morgan fingerprint density at radius 1 is 1.08 bits per heavy atom. The Morgan fingerprint density at radius 2 is 1.72 bits per heavy atom. The molecule has 7 nitrogen and oxygen atoms in total. The average Bonchev–Trinajstić information content (AvgIpc) is 2.89. The van der Waals surface area contributed by atoms with Crippen LogP contribution in [0.1, 0.15) is 39.4 Å². The molecule has 1 aliphatic heterocycles. The van der Waals surface area contributed by atoms with Crippen molar-refractivity contribution in [1.82, 2.24) is 23.6 Å². The molecule has 7 heteroatoms. The predicted molar refractivity (Wildman–Crippen MR) is 98.7 cm³/mol. The lowest BCUT2D eigenvalue weighted by molar-refractivity contribution is 0.130. The van der Waals surface area contributed by atoms with Crippen molar-refractivity contribution >= 4 is 11.2 Å². The molecule has 0 N–H and O–H groups in total. The SMILES string of the molecule is CCCn1c(CN2C[C@H](C)C[C@@H](C)C2)nc2c1c(=O)n(C)c(=O)n2C. The highest BCUT2D eigenvalue weighted by Gasteiger charge is 2.25. The van der Waals surface area contributed by atoms with E-state index in [0.29, 0.717) is 23.0 Å². The van der Waals surface area contributed by atoms with Crippen molar-refractivity contribution in [2.75, 3.05) is 13.1 Å². The summed E-state index contributed by atoms with van der Waals surface area (Å²) in [6.07, 6.45) is 2.17. The van der Waals surface area contributed by atoms with E-state index in [0.717, 1.165) is 38.4 Å². The van der Waals surface area contributed by atoms with Crippen molar-refractivity contribution in [2.45, 2.75) is 46.7 Å². The van der Waals surface area contributed by atoms with E-state index < -0.39 is 0 Å². The molecule has 0 aliphatic carbocycles. The summed E-state index contributed by atoms with van der Waals surface area (Å²) >= 11 is 0. The van der Waals surface area contributed by atoms with Crippen molar-refractivity contribution in [1.29, 1.82) is 0 Å². The molecule has 0 unspecified atom stereocenters. The second-order valence-corrected chi connectivity index (χ2v) is 7.70. The topological polar surface area (TPSA) is 65.1 Å². The van der Waals surface area contributed by atoms with Crippen molar-refractivity contribution in [2.24, 2.45) is 25.9 Å². The average molecular weight is 347 g/mol. The van der Waals surface area contributed by atoms with Crippen LogP contribution in [0.2, 0.25) is 0 Å². The molecule has 1 fully saturated rings. The highest BCUT2D eigenvalue weighted by Crippen LogP contribution is 2.23. The molecule has 3 heterocycles. The molecule has 0 spiro atoms. The first kappa shape index (κ1) is 17.9. The molecule has 2 aromatic heterocycles. The Kier molecular flexibility index (Phi) is 4.86. The quantitative estimate of drug-likeness (QED) is 0.837. The zero-order chi connectivity index (χ0) is 18.3. The van der Waals surface area contributed by atoms with Crippen LogP contribution in [0, 0.1) is 11.8 Å². The summed E-state index contributed by atoms with van der Waals surface area (Å²) in [6, 6.07) is 0. The van der Waals surface area contributed by atoms with Crippen LogP contribution in [0.25, 0.3) is 11.2 Å². The molecular weight excluding hydrogens is 318 g/mol. The standard InChI is InChI=1S/C18H29N5O2/c1-6-7-23-14(11-22-9-12(2)8-13(3)10-22)19-16-15(23)17(24)21(5)18(25)20(16)4/h12-13H,6-11H2,1-5H3/t12-,13-/m1/s1. The van der Waals surface area contributed by atoms with Crippen LogP contribution < -0.4 is 11.2 Å². The lowest BCUT2D eigenvalue weighted by Crippen LogP contribution is -2.39. The van der Waals surface area contributed by atoms with Crippen LogP contribution in [0.15, 0.2) is 9.59 Å². The van der Waals surface area contributed by atoms with Gasteiger partial charge >= 0.3 is 5.69 Å². The Bertz CT molecular complexity index is 881. The zero-order valence-electron chi connectivity index (χ0n) is 15.9. The molecule has 3 rings (SSSR count). The normalized spacial score (nSPS) is 22.0. The van der Waals surface area contributed by atoms with Gasteiger partial charge in [0.05, 0.1) is 6.54 Å². The van der Waals surface area contributed by atoms with Crippen LogP contribution >= 0.6 is 0 Å². The number of hydrogen-bond acceptors (Lipinski definition) is 4. The minimum Gasteiger partial charge on any atom is -0.321 e. The van der Waals surface area contributed by atoms with Crippen LogP contribution in [0.3, 0.4) is 0 Å². The maximum atomic E-state index is 12.7. The molecule has 0 saturated carbocycles. The predicted octanol–water partition coefficient (Wildman–Crippen LogP) is 1.32. The Labute approximate surface area is 147 Å². The number of hydrogen-bond donors (Lipinski definition) is 0. The van der Waals surface area contributed by atoms with Crippen LogP contribution in [-0.4, -0.2) is 36.7 Å². The zero-order valence-corrected chi connectivity index (χ0v) is 15.9. The molecule has 2 atom stereocenters. The van der Waals surface area contributed by atoms with Crippen molar-refractivity contribution in [3.05, 3.63) is 26.7 Å². The molecule has 0 amide bonds. The smallest absolute Gasteiger partial charge is 0.321 e. The molecule has 1 saturated heterocycles. The minimum atomic E-state index is -0.328. The van der Waals surface area contributed by atoms with E-state index in [4.69, 9.17) is 4.98 Å². The fourth-order valence-electron chi connectivity index (χ4n) is 4.20. The van der Waals surface area contributed by atoms with Gasteiger partial charge in [0.1, 0.15) is 5.82 Å². The third-order valence-corrected chi connectivity index (χ3v) is 5.18. The van der Waals surface area contributed by atoms with Gasteiger partial charge in [-0.15, -0.1) is 0 Å². The number of aromatic nitrogens is 4. The van der Waals surface area contributed by atoms with Crippen LogP contribution in [0.5, 0.6) is 0 Å². The molecule has 138 valence electrons. The monoisotopic (exact) mass is 347 g/mol. The van der Waals surface area contributed by atoms with Gasteiger partial charge in [-0.1, -0.05) is 20.8 Å². The van der Waals surface area contributed by atoms with Crippen LogP contribution in [-0.2, 0) is 27.2 Å². The van der Waals surface area contributed by atoms with Gasteiger partial charge < -0.3 is 4.57 Å². The molecule has 1 aliphatic rings. The largest absolute Gasteiger partial charge is 0.332 e. The highest BCUT2D eigenvalue weighted by molar-refractivity contribution is 5.71. The lowest BCUT2D eigenvalue weighted by atomic mass is 9.92. The summed E-state index contributed by atoms with van der Waals surface area (Å²) in [7, 11) is 3.21. The van der Waals surface area contributed by atoms with E-state index in [2.05, 4.69) is 25.7 Å². The van der Waals surface area contributed by atoms with E-state index in [1.165, 1.54) is 22.6 Å². The molecule has 25 heavy (non-hydrogen) atoms. The third-order valence-electron chi connectivity index (χ3n) is 5.18. The fraction of sp³-hybridized carbons (Fsp3) is 0.722. The number of rotatable bonds is 4. The van der Waals surface area contributed by atoms with Crippen molar-refractivity contribution < 1.29 is 0 Å². The van der Waals surface area contributed by atoms with Gasteiger partial charge in [-0.3, -0.25) is 18.8 Å². The molecule has 0 aromatic carbocycles.